The molecule has 0 spiro atoms. The van der Waals surface area contributed by atoms with Gasteiger partial charge in [0.2, 0.25) is 0 Å². The highest BCUT2D eigenvalue weighted by molar-refractivity contribution is 5.89. The van der Waals surface area contributed by atoms with Crippen molar-refractivity contribution in [1.82, 2.24) is 0 Å². The molecule has 3 heteroatoms. The van der Waals surface area contributed by atoms with Crippen LogP contribution in [0, 0.1) is 11.3 Å². The Morgan fingerprint density at radius 1 is 1.57 bits per heavy atom. The summed E-state index contributed by atoms with van der Waals surface area (Å²) in [5, 5.41) is 8.71. The third-order valence-corrected chi connectivity index (χ3v) is 2.00. The highest BCUT2D eigenvalue weighted by atomic mass is 16.5. The van der Waals surface area contributed by atoms with E-state index in [0.717, 1.165) is 5.56 Å². The maximum absolute atomic E-state index is 11.2. The van der Waals surface area contributed by atoms with Crippen LogP contribution in [0.1, 0.15) is 28.8 Å². The Hall–Kier alpha value is -1.82. The summed E-state index contributed by atoms with van der Waals surface area (Å²) in [5.74, 6) is -0.586. The predicted molar refractivity (Wildman–Crippen MR) is 51.8 cm³/mol. The van der Waals surface area contributed by atoms with Crippen molar-refractivity contribution in [3.05, 3.63) is 35.4 Å². The van der Waals surface area contributed by atoms with Crippen LogP contribution < -0.4 is 0 Å². The molecular weight excluding hydrogens is 178 g/mol. The van der Waals surface area contributed by atoms with Crippen LogP contribution in [0.2, 0.25) is 0 Å². The van der Waals surface area contributed by atoms with Gasteiger partial charge in [-0.2, -0.15) is 5.26 Å². The molecule has 0 N–H and O–H groups in total. The fourth-order valence-corrected chi connectivity index (χ4v) is 1.13. The SMILES string of the molecule is COC(=O)c1cccc([C@@H](C)C#N)c1. The van der Waals surface area contributed by atoms with Crippen molar-refractivity contribution in [3.8, 4) is 6.07 Å². The molecule has 0 aromatic heterocycles. The van der Waals surface area contributed by atoms with Gasteiger partial charge in [-0.25, -0.2) is 4.79 Å². The molecule has 0 bridgehead atoms. The van der Waals surface area contributed by atoms with Gasteiger partial charge in [0, 0.05) is 0 Å². The summed E-state index contributed by atoms with van der Waals surface area (Å²) in [4.78, 5) is 11.2. The third kappa shape index (κ3) is 2.11. The Bertz CT molecular complexity index is 379. The van der Waals surface area contributed by atoms with Crippen molar-refractivity contribution in [3.63, 3.8) is 0 Å². The lowest BCUT2D eigenvalue weighted by atomic mass is 10.0. The highest BCUT2D eigenvalue weighted by Gasteiger charge is 2.08. The maximum Gasteiger partial charge on any atom is 0.337 e. The fourth-order valence-electron chi connectivity index (χ4n) is 1.13. The van der Waals surface area contributed by atoms with Crippen molar-refractivity contribution in [2.24, 2.45) is 0 Å². The monoisotopic (exact) mass is 189 g/mol. The predicted octanol–water partition coefficient (Wildman–Crippen LogP) is 2.10. The number of ether oxygens (including phenoxy) is 1. The number of esters is 1. The standard InChI is InChI=1S/C11H11NO2/c1-8(7-12)9-4-3-5-10(6-9)11(13)14-2/h3-6,8H,1-2H3/t8-/m0/s1. The molecule has 0 radical (unpaired) electrons. The van der Waals surface area contributed by atoms with Crippen molar-refractivity contribution in [2.45, 2.75) is 12.8 Å². The molecule has 0 saturated heterocycles. The topological polar surface area (TPSA) is 50.1 Å². The van der Waals surface area contributed by atoms with Crippen molar-refractivity contribution in [1.29, 1.82) is 5.26 Å². The second-order valence-electron chi connectivity index (χ2n) is 2.97. The van der Waals surface area contributed by atoms with Gasteiger partial charge in [0.1, 0.15) is 0 Å². The summed E-state index contributed by atoms with van der Waals surface area (Å²) in [7, 11) is 1.34. The smallest absolute Gasteiger partial charge is 0.337 e. The van der Waals surface area contributed by atoms with Gasteiger partial charge in [0.15, 0.2) is 0 Å². The lowest BCUT2D eigenvalue weighted by molar-refractivity contribution is 0.0600. The molecule has 0 heterocycles. The van der Waals surface area contributed by atoms with Crippen LogP contribution in [-0.4, -0.2) is 13.1 Å². The lowest BCUT2D eigenvalue weighted by Gasteiger charge is -2.04. The Labute approximate surface area is 82.9 Å². The number of nitriles is 1. The van der Waals surface area contributed by atoms with Crippen LogP contribution in [0.5, 0.6) is 0 Å². The van der Waals surface area contributed by atoms with E-state index in [2.05, 4.69) is 10.8 Å². The zero-order chi connectivity index (χ0) is 10.6. The zero-order valence-electron chi connectivity index (χ0n) is 8.15. The minimum Gasteiger partial charge on any atom is -0.465 e. The van der Waals surface area contributed by atoms with Crippen LogP contribution in [0.15, 0.2) is 24.3 Å². The third-order valence-electron chi connectivity index (χ3n) is 2.00. The zero-order valence-corrected chi connectivity index (χ0v) is 8.15. The Kier molecular flexibility index (Phi) is 3.24. The van der Waals surface area contributed by atoms with E-state index in [1.165, 1.54) is 7.11 Å². The molecule has 0 aliphatic carbocycles. The number of carbonyl (C=O) groups is 1. The van der Waals surface area contributed by atoms with Gasteiger partial charge in [0.25, 0.3) is 0 Å². The maximum atomic E-state index is 11.2. The van der Waals surface area contributed by atoms with E-state index in [1.807, 2.05) is 6.07 Å². The van der Waals surface area contributed by atoms with Gasteiger partial charge in [-0.05, 0) is 24.6 Å². The first-order valence-corrected chi connectivity index (χ1v) is 4.27. The molecule has 0 aliphatic heterocycles. The summed E-state index contributed by atoms with van der Waals surface area (Å²) in [5.41, 5.74) is 1.31. The Balaban J connectivity index is 3.02. The van der Waals surface area contributed by atoms with Gasteiger partial charge in [-0.15, -0.1) is 0 Å². The van der Waals surface area contributed by atoms with E-state index < -0.39 is 0 Å². The molecule has 1 rings (SSSR count). The Morgan fingerprint density at radius 3 is 2.86 bits per heavy atom. The van der Waals surface area contributed by atoms with E-state index in [9.17, 15) is 4.79 Å². The molecule has 0 fully saturated rings. The van der Waals surface area contributed by atoms with Gasteiger partial charge in [-0.1, -0.05) is 12.1 Å². The van der Waals surface area contributed by atoms with Crippen molar-refractivity contribution >= 4 is 5.97 Å². The average Bonchev–Trinajstić information content (AvgIpc) is 2.27. The van der Waals surface area contributed by atoms with E-state index in [1.54, 1.807) is 25.1 Å². The van der Waals surface area contributed by atoms with Crippen LogP contribution in [0.3, 0.4) is 0 Å². The summed E-state index contributed by atoms with van der Waals surface area (Å²) in [6, 6.07) is 9.02. The van der Waals surface area contributed by atoms with Gasteiger partial charge in [-0.3, -0.25) is 0 Å². The number of carbonyl (C=O) groups excluding carboxylic acids is 1. The number of benzene rings is 1. The quantitative estimate of drug-likeness (QED) is 0.669. The van der Waals surface area contributed by atoms with Crippen LogP contribution in [-0.2, 0) is 4.74 Å². The van der Waals surface area contributed by atoms with Crippen molar-refractivity contribution in [2.75, 3.05) is 7.11 Å². The Morgan fingerprint density at radius 2 is 2.29 bits per heavy atom. The van der Waals surface area contributed by atoms with Gasteiger partial charge in [0.05, 0.1) is 24.7 Å². The second kappa shape index (κ2) is 4.43. The number of methoxy groups -OCH3 is 1. The molecule has 0 aliphatic rings. The minimum atomic E-state index is -0.378. The summed E-state index contributed by atoms with van der Waals surface area (Å²) < 4.78 is 4.58. The molecule has 1 atom stereocenters. The number of rotatable bonds is 2. The summed E-state index contributed by atoms with van der Waals surface area (Å²) >= 11 is 0. The van der Waals surface area contributed by atoms with Gasteiger partial charge >= 0.3 is 5.97 Å². The van der Waals surface area contributed by atoms with Crippen LogP contribution in [0.25, 0.3) is 0 Å². The molecule has 72 valence electrons. The molecule has 14 heavy (non-hydrogen) atoms. The summed E-state index contributed by atoms with van der Waals surface area (Å²) in [6.07, 6.45) is 0. The molecule has 1 aromatic carbocycles. The van der Waals surface area contributed by atoms with Gasteiger partial charge < -0.3 is 4.74 Å². The molecule has 0 amide bonds. The van der Waals surface area contributed by atoms with E-state index in [4.69, 9.17) is 5.26 Å². The molecule has 3 nitrogen and oxygen atoms in total. The summed E-state index contributed by atoms with van der Waals surface area (Å²) in [6.45, 7) is 1.79. The van der Waals surface area contributed by atoms with Crippen LogP contribution in [0.4, 0.5) is 0 Å². The van der Waals surface area contributed by atoms with E-state index in [0.29, 0.717) is 5.56 Å². The first-order chi connectivity index (χ1) is 6.69. The highest BCUT2D eigenvalue weighted by Crippen LogP contribution is 2.15. The van der Waals surface area contributed by atoms with E-state index >= 15 is 0 Å². The molecule has 0 unspecified atom stereocenters. The first-order valence-electron chi connectivity index (χ1n) is 4.27. The van der Waals surface area contributed by atoms with E-state index in [-0.39, 0.29) is 11.9 Å². The second-order valence-corrected chi connectivity index (χ2v) is 2.97. The molecule has 1 aromatic rings. The largest absolute Gasteiger partial charge is 0.465 e. The number of hydrogen-bond donors (Lipinski definition) is 0. The normalized spacial score (nSPS) is 11.5. The molecular formula is C11H11NO2. The number of hydrogen-bond acceptors (Lipinski definition) is 3. The lowest BCUT2D eigenvalue weighted by Crippen LogP contribution is -2.02. The molecule has 0 saturated carbocycles. The fraction of sp³-hybridized carbons (Fsp3) is 0.273. The van der Waals surface area contributed by atoms with Crippen LogP contribution >= 0.6 is 0 Å². The number of nitrogens with zero attached hydrogens (tertiary/aromatic N) is 1. The first kappa shape index (κ1) is 10.3. The average molecular weight is 189 g/mol. The van der Waals surface area contributed by atoms with Crippen molar-refractivity contribution < 1.29 is 9.53 Å². The minimum absolute atomic E-state index is 0.209.